The average molecular weight is 827 g/mol. The van der Waals surface area contributed by atoms with Crippen LogP contribution in [0.3, 0.4) is 0 Å². The van der Waals surface area contributed by atoms with E-state index in [0.717, 1.165) is 66.9 Å². The highest BCUT2D eigenvalue weighted by molar-refractivity contribution is 6.12. The molecule has 0 atom stereocenters. The van der Waals surface area contributed by atoms with Crippen LogP contribution in [0.15, 0.2) is 158 Å². The molecule has 7 aromatic carbocycles. The molecule has 10 aromatic rings. The molecular formula is C52H32F6N4. The molecule has 3 heterocycles. The number of nitrogens with zero attached hydrogens (tertiary/aromatic N) is 4. The van der Waals surface area contributed by atoms with Gasteiger partial charge in [0.05, 0.1) is 50.1 Å². The van der Waals surface area contributed by atoms with Gasteiger partial charge in [-0.3, -0.25) is 4.98 Å². The lowest BCUT2D eigenvalue weighted by Gasteiger charge is -2.19. The van der Waals surface area contributed by atoms with E-state index in [1.807, 2.05) is 114 Å². The molecule has 0 spiro atoms. The van der Waals surface area contributed by atoms with Crippen molar-refractivity contribution in [3.8, 4) is 50.8 Å². The minimum atomic E-state index is -4.50. The largest absolute Gasteiger partial charge is 0.416 e. The molecule has 302 valence electrons. The van der Waals surface area contributed by atoms with E-state index in [0.29, 0.717) is 50.3 Å². The minimum Gasteiger partial charge on any atom is -0.309 e. The van der Waals surface area contributed by atoms with Gasteiger partial charge in [-0.05, 0) is 138 Å². The Kier molecular flexibility index (Phi) is 8.85. The van der Waals surface area contributed by atoms with E-state index in [1.165, 1.54) is 12.1 Å². The van der Waals surface area contributed by atoms with Crippen LogP contribution in [0.2, 0.25) is 0 Å². The maximum Gasteiger partial charge on any atom is 0.416 e. The van der Waals surface area contributed by atoms with Crippen LogP contribution in [0.4, 0.5) is 26.3 Å². The summed E-state index contributed by atoms with van der Waals surface area (Å²) in [5.41, 5.74) is 8.18. The first-order chi connectivity index (χ1) is 29.8. The first-order valence-corrected chi connectivity index (χ1v) is 19.7. The van der Waals surface area contributed by atoms with Crippen molar-refractivity contribution in [2.24, 2.45) is 0 Å². The summed E-state index contributed by atoms with van der Waals surface area (Å²) in [6, 6.07) is 45.0. The van der Waals surface area contributed by atoms with Crippen molar-refractivity contribution < 1.29 is 26.3 Å². The summed E-state index contributed by atoms with van der Waals surface area (Å²) in [6.45, 7) is 3.30. The molecule has 0 unspecified atom stereocenters. The topological polar surface area (TPSA) is 46.5 Å². The van der Waals surface area contributed by atoms with Crippen LogP contribution in [0.1, 0.15) is 27.8 Å². The minimum absolute atomic E-state index is 0.361. The molecule has 0 bridgehead atoms. The van der Waals surface area contributed by atoms with Crippen molar-refractivity contribution in [2.75, 3.05) is 0 Å². The number of para-hydroxylation sites is 2. The first-order valence-electron chi connectivity index (χ1n) is 19.7. The highest BCUT2D eigenvalue weighted by atomic mass is 19.4. The zero-order valence-corrected chi connectivity index (χ0v) is 33.1. The van der Waals surface area contributed by atoms with E-state index in [4.69, 9.17) is 0 Å². The highest BCUT2D eigenvalue weighted by Gasteiger charge is 2.32. The summed E-state index contributed by atoms with van der Waals surface area (Å²) in [5.74, 6) is 0. The van der Waals surface area contributed by atoms with Crippen molar-refractivity contribution in [3.05, 3.63) is 186 Å². The predicted molar refractivity (Wildman–Crippen MR) is 233 cm³/mol. The third kappa shape index (κ3) is 6.45. The van der Waals surface area contributed by atoms with Crippen LogP contribution in [0.5, 0.6) is 0 Å². The van der Waals surface area contributed by atoms with Gasteiger partial charge in [0, 0.05) is 39.5 Å². The maximum absolute atomic E-state index is 13.9. The molecule has 0 saturated carbocycles. The van der Waals surface area contributed by atoms with Gasteiger partial charge in [0.2, 0.25) is 0 Å². The number of aryl methyl sites for hydroxylation is 2. The van der Waals surface area contributed by atoms with Gasteiger partial charge < -0.3 is 9.13 Å². The second-order valence-electron chi connectivity index (χ2n) is 15.6. The zero-order chi connectivity index (χ0) is 43.1. The number of aromatic nitrogens is 3. The summed E-state index contributed by atoms with van der Waals surface area (Å²) >= 11 is 0. The van der Waals surface area contributed by atoms with Crippen LogP contribution < -0.4 is 0 Å². The van der Waals surface area contributed by atoms with Crippen molar-refractivity contribution in [2.45, 2.75) is 26.2 Å². The summed E-state index contributed by atoms with van der Waals surface area (Å²) < 4.78 is 87.5. The van der Waals surface area contributed by atoms with Crippen molar-refractivity contribution in [3.63, 3.8) is 0 Å². The smallest absolute Gasteiger partial charge is 0.309 e. The molecule has 0 aliphatic heterocycles. The van der Waals surface area contributed by atoms with E-state index < -0.39 is 23.5 Å². The van der Waals surface area contributed by atoms with Gasteiger partial charge in [-0.2, -0.15) is 31.6 Å². The molecule has 0 aliphatic carbocycles. The lowest BCUT2D eigenvalue weighted by Crippen LogP contribution is -2.05. The summed E-state index contributed by atoms with van der Waals surface area (Å²) in [6.07, 6.45) is -5.60. The van der Waals surface area contributed by atoms with Crippen LogP contribution in [-0.4, -0.2) is 14.1 Å². The second-order valence-corrected chi connectivity index (χ2v) is 15.6. The molecule has 0 aliphatic rings. The number of alkyl halides is 6. The van der Waals surface area contributed by atoms with Gasteiger partial charge in [-0.25, -0.2) is 0 Å². The number of fused-ring (bicyclic) bond motifs is 6. The Bertz CT molecular complexity index is 3480. The van der Waals surface area contributed by atoms with E-state index >= 15 is 0 Å². The number of benzene rings is 7. The Morgan fingerprint density at radius 1 is 0.452 bits per heavy atom. The normalized spacial score (nSPS) is 12.2. The fourth-order valence-electron chi connectivity index (χ4n) is 8.85. The van der Waals surface area contributed by atoms with Gasteiger partial charge in [0.15, 0.2) is 0 Å². The highest BCUT2D eigenvalue weighted by Crippen LogP contribution is 2.43. The molecule has 0 N–H and O–H groups in total. The summed E-state index contributed by atoms with van der Waals surface area (Å²) in [5, 5.41) is 14.4. The quantitative estimate of drug-likeness (QED) is 0.162. The first kappa shape index (κ1) is 38.6. The van der Waals surface area contributed by atoms with Gasteiger partial charge in [-0.1, -0.05) is 60.7 Å². The van der Waals surface area contributed by atoms with Crippen LogP contribution in [0.25, 0.3) is 88.4 Å². The molecule has 0 saturated heterocycles. The number of halogens is 6. The fraction of sp³-hybridized carbons (Fsp3) is 0.0769. The Balaban J connectivity index is 1.21. The number of rotatable bonds is 5. The van der Waals surface area contributed by atoms with Gasteiger partial charge in [-0.15, -0.1) is 0 Å². The Morgan fingerprint density at radius 2 is 0.919 bits per heavy atom. The Morgan fingerprint density at radius 3 is 1.40 bits per heavy atom. The number of hydrogen-bond acceptors (Lipinski definition) is 2. The van der Waals surface area contributed by atoms with Gasteiger partial charge in [0.1, 0.15) is 6.07 Å². The molecule has 4 nitrogen and oxygen atoms in total. The lowest BCUT2D eigenvalue weighted by atomic mass is 9.98. The molecule has 62 heavy (non-hydrogen) atoms. The van der Waals surface area contributed by atoms with Crippen molar-refractivity contribution in [1.29, 1.82) is 5.26 Å². The van der Waals surface area contributed by atoms with E-state index in [1.54, 1.807) is 38.4 Å². The summed E-state index contributed by atoms with van der Waals surface area (Å²) in [7, 11) is 0. The monoisotopic (exact) mass is 826 g/mol. The molecule has 0 amide bonds. The SMILES string of the molecule is Cc1cc(-c2ccc3c(c2)c2ccccc2n3-c2cc(-c3ccncc3)c(-n3c4ccccc4c4cc(-c5cc(C)cc(C(F)(F)F)c5)ccc43)cc2C#N)cc(C(F)(F)F)c1. The van der Waals surface area contributed by atoms with E-state index in [2.05, 4.69) is 15.6 Å². The van der Waals surface area contributed by atoms with E-state index in [-0.39, 0.29) is 0 Å². The maximum atomic E-state index is 13.9. The second kappa shape index (κ2) is 14.2. The van der Waals surface area contributed by atoms with Gasteiger partial charge in [0.25, 0.3) is 0 Å². The number of pyridine rings is 1. The lowest BCUT2D eigenvalue weighted by molar-refractivity contribution is -0.138. The van der Waals surface area contributed by atoms with Gasteiger partial charge >= 0.3 is 12.4 Å². The molecule has 10 heteroatoms. The molecule has 0 fully saturated rings. The predicted octanol–water partition coefficient (Wildman–Crippen LogP) is 14.8. The third-order valence-corrected chi connectivity index (χ3v) is 11.5. The summed E-state index contributed by atoms with van der Waals surface area (Å²) in [4.78, 5) is 4.28. The Labute approximate surface area is 351 Å². The van der Waals surface area contributed by atoms with Crippen molar-refractivity contribution >= 4 is 43.6 Å². The number of nitriles is 1. The van der Waals surface area contributed by atoms with Crippen LogP contribution in [-0.2, 0) is 12.4 Å². The third-order valence-electron chi connectivity index (χ3n) is 11.5. The average Bonchev–Trinajstić information content (AvgIpc) is 3.77. The zero-order valence-electron chi connectivity index (χ0n) is 33.1. The molecule has 3 aromatic heterocycles. The molecule has 10 rings (SSSR count). The van der Waals surface area contributed by atoms with Crippen molar-refractivity contribution in [1.82, 2.24) is 14.1 Å². The standard InChI is InChI=1S/C52H32F6N4/c1-30-19-35(23-38(21-30)51(53,54)55)33-11-13-47-43(25-33)40-7-3-5-9-45(40)61(47)49-28-42(32-15-17-60-18-16-32)50(27-37(49)29-59)62-46-10-6-4-8-41(46)44-26-34(12-14-48(44)62)36-20-31(2)22-39(24-36)52(56,57)58/h3-28H,1-2H3. The van der Waals surface area contributed by atoms with Crippen LogP contribution >= 0.6 is 0 Å². The van der Waals surface area contributed by atoms with E-state index in [9.17, 15) is 31.6 Å². The van der Waals surface area contributed by atoms with Crippen LogP contribution in [0, 0.1) is 25.2 Å². The molecular weight excluding hydrogens is 795 g/mol. The fourth-order valence-corrected chi connectivity index (χ4v) is 8.85. The Hall–Kier alpha value is -7.64. The molecule has 0 radical (unpaired) electrons. The number of hydrogen-bond donors (Lipinski definition) is 0.